The fraction of sp³-hybridized carbons (Fsp3) is 1.00. The lowest BCUT2D eigenvalue weighted by molar-refractivity contribution is 0.528. The van der Waals surface area contributed by atoms with Crippen LogP contribution in [0, 0.1) is 5.92 Å². The quantitative estimate of drug-likeness (QED) is 0.613. The highest BCUT2D eigenvalue weighted by Gasteiger charge is 2.22. The molecule has 2 N–H and O–H groups in total. The van der Waals surface area contributed by atoms with Crippen molar-refractivity contribution < 1.29 is 0 Å². The van der Waals surface area contributed by atoms with E-state index in [2.05, 4.69) is 6.92 Å². The summed E-state index contributed by atoms with van der Waals surface area (Å²) in [5.41, 5.74) is 5.83. The van der Waals surface area contributed by atoms with E-state index in [0.717, 1.165) is 5.92 Å². The zero-order valence-corrected chi connectivity index (χ0v) is 6.27. The van der Waals surface area contributed by atoms with Crippen LogP contribution < -0.4 is 5.73 Å². The first-order valence-corrected chi connectivity index (χ1v) is 4.08. The van der Waals surface area contributed by atoms with Crippen molar-refractivity contribution in [2.45, 2.75) is 45.1 Å². The molecule has 0 aromatic rings. The SMILES string of the molecule is CCCC(N)CC1CC1. The number of hydrogen-bond donors (Lipinski definition) is 1. The molecule has 9 heavy (non-hydrogen) atoms. The Balaban J connectivity index is 1.95. The molecular formula is C8H17N. The molecule has 1 atom stereocenters. The van der Waals surface area contributed by atoms with Gasteiger partial charge in [0.25, 0.3) is 0 Å². The van der Waals surface area contributed by atoms with Gasteiger partial charge in [-0.05, 0) is 18.8 Å². The van der Waals surface area contributed by atoms with Crippen LogP contribution in [0.3, 0.4) is 0 Å². The topological polar surface area (TPSA) is 26.0 Å². The molecule has 1 nitrogen and oxygen atoms in total. The molecule has 1 fully saturated rings. The van der Waals surface area contributed by atoms with Crippen molar-refractivity contribution in [3.63, 3.8) is 0 Å². The molecule has 1 rings (SSSR count). The van der Waals surface area contributed by atoms with Crippen LogP contribution in [0.4, 0.5) is 0 Å². The Bertz CT molecular complexity index is 76.6. The molecule has 1 unspecified atom stereocenters. The Morgan fingerprint density at radius 2 is 2.22 bits per heavy atom. The molecule has 0 spiro atoms. The number of hydrogen-bond acceptors (Lipinski definition) is 1. The maximum atomic E-state index is 5.83. The van der Waals surface area contributed by atoms with Gasteiger partial charge in [0.15, 0.2) is 0 Å². The van der Waals surface area contributed by atoms with Crippen molar-refractivity contribution in [3.05, 3.63) is 0 Å². The first-order valence-electron chi connectivity index (χ1n) is 4.08. The fourth-order valence-electron chi connectivity index (χ4n) is 1.27. The first-order chi connectivity index (χ1) is 4.33. The minimum absolute atomic E-state index is 0.502. The van der Waals surface area contributed by atoms with Gasteiger partial charge < -0.3 is 5.73 Å². The normalized spacial score (nSPS) is 22.0. The van der Waals surface area contributed by atoms with Crippen LogP contribution in [0.1, 0.15) is 39.0 Å². The van der Waals surface area contributed by atoms with Crippen LogP contribution >= 0.6 is 0 Å². The van der Waals surface area contributed by atoms with E-state index in [1.165, 1.54) is 32.1 Å². The fourth-order valence-corrected chi connectivity index (χ4v) is 1.27. The average Bonchev–Trinajstić information content (AvgIpc) is 2.50. The van der Waals surface area contributed by atoms with Crippen molar-refractivity contribution in [2.24, 2.45) is 11.7 Å². The summed E-state index contributed by atoms with van der Waals surface area (Å²) < 4.78 is 0. The summed E-state index contributed by atoms with van der Waals surface area (Å²) in [6, 6.07) is 0.502. The zero-order chi connectivity index (χ0) is 6.69. The van der Waals surface area contributed by atoms with Crippen LogP contribution in [0.15, 0.2) is 0 Å². The van der Waals surface area contributed by atoms with Crippen LogP contribution in [0.2, 0.25) is 0 Å². The molecule has 0 aromatic heterocycles. The smallest absolute Gasteiger partial charge is 0.00413 e. The summed E-state index contributed by atoms with van der Waals surface area (Å²) in [6.45, 7) is 2.20. The molecule has 0 bridgehead atoms. The van der Waals surface area contributed by atoms with Crippen LogP contribution in [-0.4, -0.2) is 6.04 Å². The van der Waals surface area contributed by atoms with E-state index >= 15 is 0 Å². The Hall–Kier alpha value is -0.0400. The predicted molar refractivity (Wildman–Crippen MR) is 40.2 cm³/mol. The standard InChI is InChI=1S/C8H17N/c1-2-3-8(9)6-7-4-5-7/h7-8H,2-6,9H2,1H3. The van der Waals surface area contributed by atoms with Gasteiger partial charge in [-0.1, -0.05) is 26.2 Å². The summed E-state index contributed by atoms with van der Waals surface area (Å²) in [6.07, 6.45) is 6.63. The van der Waals surface area contributed by atoms with Crippen LogP contribution in [-0.2, 0) is 0 Å². The van der Waals surface area contributed by atoms with Crippen molar-refractivity contribution in [1.29, 1.82) is 0 Å². The van der Waals surface area contributed by atoms with Gasteiger partial charge in [-0.2, -0.15) is 0 Å². The second-order valence-corrected chi connectivity index (χ2v) is 3.23. The van der Waals surface area contributed by atoms with Gasteiger partial charge in [0.2, 0.25) is 0 Å². The second kappa shape index (κ2) is 3.21. The summed E-state index contributed by atoms with van der Waals surface area (Å²) in [5, 5.41) is 0. The van der Waals surface area contributed by atoms with Crippen molar-refractivity contribution >= 4 is 0 Å². The Morgan fingerprint density at radius 1 is 1.56 bits per heavy atom. The Kier molecular flexibility index (Phi) is 2.52. The highest BCUT2D eigenvalue weighted by molar-refractivity contribution is 4.77. The van der Waals surface area contributed by atoms with Crippen molar-refractivity contribution in [2.75, 3.05) is 0 Å². The maximum Gasteiger partial charge on any atom is 0.00413 e. The zero-order valence-electron chi connectivity index (χ0n) is 6.27. The third-order valence-corrected chi connectivity index (χ3v) is 1.99. The molecule has 54 valence electrons. The van der Waals surface area contributed by atoms with E-state index in [1.54, 1.807) is 0 Å². The van der Waals surface area contributed by atoms with E-state index in [9.17, 15) is 0 Å². The van der Waals surface area contributed by atoms with E-state index in [1.807, 2.05) is 0 Å². The summed E-state index contributed by atoms with van der Waals surface area (Å²) >= 11 is 0. The van der Waals surface area contributed by atoms with Gasteiger partial charge in [0, 0.05) is 6.04 Å². The number of rotatable bonds is 4. The largest absolute Gasteiger partial charge is 0.328 e. The molecule has 1 aliphatic carbocycles. The van der Waals surface area contributed by atoms with Gasteiger partial charge in [-0.3, -0.25) is 0 Å². The molecule has 0 heterocycles. The molecule has 1 aliphatic rings. The van der Waals surface area contributed by atoms with Crippen molar-refractivity contribution in [3.8, 4) is 0 Å². The minimum Gasteiger partial charge on any atom is -0.328 e. The van der Waals surface area contributed by atoms with Gasteiger partial charge in [-0.15, -0.1) is 0 Å². The van der Waals surface area contributed by atoms with Crippen LogP contribution in [0.5, 0.6) is 0 Å². The summed E-state index contributed by atoms with van der Waals surface area (Å²) in [4.78, 5) is 0. The first kappa shape index (κ1) is 7.07. The lowest BCUT2D eigenvalue weighted by Gasteiger charge is -2.07. The van der Waals surface area contributed by atoms with Gasteiger partial charge in [0.1, 0.15) is 0 Å². The third-order valence-electron chi connectivity index (χ3n) is 1.99. The summed E-state index contributed by atoms with van der Waals surface area (Å²) in [5.74, 6) is 1.01. The third kappa shape index (κ3) is 2.85. The highest BCUT2D eigenvalue weighted by Crippen LogP contribution is 2.33. The molecule has 0 amide bonds. The van der Waals surface area contributed by atoms with Crippen molar-refractivity contribution in [1.82, 2.24) is 0 Å². The number of nitrogens with two attached hydrogens (primary N) is 1. The average molecular weight is 127 g/mol. The monoisotopic (exact) mass is 127 g/mol. The molecule has 0 saturated heterocycles. The van der Waals surface area contributed by atoms with Gasteiger partial charge >= 0.3 is 0 Å². The Labute approximate surface area is 57.6 Å². The van der Waals surface area contributed by atoms with Gasteiger partial charge in [0.05, 0.1) is 0 Å². The molecular weight excluding hydrogens is 110 g/mol. The van der Waals surface area contributed by atoms with Gasteiger partial charge in [-0.25, -0.2) is 0 Å². The molecule has 1 saturated carbocycles. The lowest BCUT2D eigenvalue weighted by Crippen LogP contribution is -2.19. The lowest BCUT2D eigenvalue weighted by atomic mass is 10.1. The molecule has 0 aliphatic heterocycles. The van der Waals surface area contributed by atoms with E-state index < -0.39 is 0 Å². The highest BCUT2D eigenvalue weighted by atomic mass is 14.6. The van der Waals surface area contributed by atoms with E-state index in [-0.39, 0.29) is 0 Å². The second-order valence-electron chi connectivity index (χ2n) is 3.23. The van der Waals surface area contributed by atoms with E-state index in [0.29, 0.717) is 6.04 Å². The maximum absolute atomic E-state index is 5.83. The molecule has 1 heteroatoms. The summed E-state index contributed by atoms with van der Waals surface area (Å²) in [7, 11) is 0. The molecule has 0 radical (unpaired) electrons. The minimum atomic E-state index is 0.502. The van der Waals surface area contributed by atoms with E-state index in [4.69, 9.17) is 5.73 Å². The predicted octanol–water partition coefficient (Wildman–Crippen LogP) is 1.91. The Morgan fingerprint density at radius 3 is 2.67 bits per heavy atom. The van der Waals surface area contributed by atoms with Crippen LogP contribution in [0.25, 0.3) is 0 Å². The molecule has 0 aromatic carbocycles.